The molecule has 0 aliphatic carbocycles. The van der Waals surface area contributed by atoms with E-state index in [1.54, 1.807) is 6.26 Å². The first-order valence-electron chi connectivity index (χ1n) is 6.90. The number of rotatable bonds is 4. The van der Waals surface area contributed by atoms with Crippen molar-refractivity contribution in [1.82, 2.24) is 14.7 Å². The van der Waals surface area contributed by atoms with Crippen LogP contribution >= 0.6 is 0 Å². The molecule has 1 N–H and O–H groups in total. The van der Waals surface area contributed by atoms with Crippen LogP contribution in [0.25, 0.3) is 5.69 Å². The maximum Gasteiger partial charge on any atom is 0.127 e. The molecule has 0 saturated heterocycles. The Balaban J connectivity index is 1.72. The lowest BCUT2D eigenvalue weighted by molar-refractivity contribution is 0.412. The van der Waals surface area contributed by atoms with E-state index in [1.165, 1.54) is 0 Å². The normalized spacial score (nSPS) is 10.8. The number of nitrogens with one attached hydrogen (secondary N) is 1. The van der Waals surface area contributed by atoms with E-state index in [0.29, 0.717) is 6.54 Å². The zero-order valence-electron chi connectivity index (χ0n) is 12.4. The fraction of sp³-hybridized carbons (Fsp3) is 0.250. The third-order valence-corrected chi connectivity index (χ3v) is 3.70. The number of anilines is 1. The first-order chi connectivity index (χ1) is 10.1. The van der Waals surface area contributed by atoms with Crippen LogP contribution in [-0.2, 0) is 6.54 Å². The molecule has 0 aliphatic rings. The molecule has 2 aromatic heterocycles. The topological polar surface area (TPSA) is 55.9 Å². The van der Waals surface area contributed by atoms with Gasteiger partial charge in [-0.25, -0.2) is 4.98 Å². The van der Waals surface area contributed by atoms with Crippen molar-refractivity contribution in [1.29, 1.82) is 0 Å². The second-order valence-electron chi connectivity index (χ2n) is 5.13. The van der Waals surface area contributed by atoms with Crippen molar-refractivity contribution >= 4 is 5.69 Å². The van der Waals surface area contributed by atoms with E-state index in [-0.39, 0.29) is 0 Å². The molecule has 2 heterocycles. The third-order valence-electron chi connectivity index (χ3n) is 3.70. The first-order valence-corrected chi connectivity index (χ1v) is 6.90. The molecule has 5 heteroatoms. The summed E-state index contributed by atoms with van der Waals surface area (Å²) in [6.07, 6.45) is 3.51. The van der Waals surface area contributed by atoms with Gasteiger partial charge in [-0.1, -0.05) is 5.16 Å². The maximum atomic E-state index is 4.93. The Labute approximate surface area is 123 Å². The highest BCUT2D eigenvalue weighted by Crippen LogP contribution is 2.17. The van der Waals surface area contributed by atoms with Gasteiger partial charge < -0.3 is 14.4 Å². The molecule has 0 bridgehead atoms. The quantitative estimate of drug-likeness (QED) is 0.797. The van der Waals surface area contributed by atoms with Crippen LogP contribution in [0.4, 0.5) is 5.69 Å². The molecule has 0 atom stereocenters. The molecule has 1 aromatic carbocycles. The van der Waals surface area contributed by atoms with Gasteiger partial charge in [0, 0.05) is 22.6 Å². The molecular formula is C16H18N4O. The highest BCUT2D eigenvalue weighted by atomic mass is 16.5. The van der Waals surface area contributed by atoms with Gasteiger partial charge in [0.25, 0.3) is 0 Å². The fourth-order valence-electron chi connectivity index (χ4n) is 2.17. The van der Waals surface area contributed by atoms with Gasteiger partial charge in [0.05, 0.1) is 18.6 Å². The number of aryl methyl sites for hydroxylation is 2. The molecular weight excluding hydrogens is 264 g/mol. The van der Waals surface area contributed by atoms with E-state index in [2.05, 4.69) is 51.2 Å². The zero-order valence-corrected chi connectivity index (χ0v) is 12.4. The average molecular weight is 282 g/mol. The van der Waals surface area contributed by atoms with Crippen LogP contribution in [0.15, 0.2) is 41.4 Å². The lowest BCUT2D eigenvalue weighted by atomic mass is 10.2. The predicted molar refractivity (Wildman–Crippen MR) is 81.6 cm³/mol. The summed E-state index contributed by atoms with van der Waals surface area (Å²) in [5.74, 6) is 0. The van der Waals surface area contributed by atoms with E-state index in [4.69, 9.17) is 4.52 Å². The van der Waals surface area contributed by atoms with Gasteiger partial charge in [0.2, 0.25) is 0 Å². The third kappa shape index (κ3) is 2.67. The summed E-state index contributed by atoms with van der Waals surface area (Å²) in [6.45, 7) is 6.73. The second kappa shape index (κ2) is 5.44. The molecule has 3 rings (SSSR count). The lowest BCUT2D eigenvalue weighted by Gasteiger charge is -2.08. The SMILES string of the molecule is Cc1conc1CNc1ccc(-n2cnc(C)c2C)cc1. The largest absolute Gasteiger partial charge is 0.379 e. The fourth-order valence-corrected chi connectivity index (χ4v) is 2.17. The highest BCUT2D eigenvalue weighted by Gasteiger charge is 2.05. The molecule has 108 valence electrons. The summed E-state index contributed by atoms with van der Waals surface area (Å²) in [5.41, 5.74) is 6.36. The van der Waals surface area contributed by atoms with Crippen molar-refractivity contribution in [2.45, 2.75) is 27.3 Å². The Morgan fingerprint density at radius 3 is 2.48 bits per heavy atom. The Morgan fingerprint density at radius 2 is 1.90 bits per heavy atom. The molecule has 0 radical (unpaired) electrons. The number of hydrogen-bond donors (Lipinski definition) is 1. The van der Waals surface area contributed by atoms with Crippen LogP contribution < -0.4 is 5.32 Å². The zero-order chi connectivity index (χ0) is 14.8. The minimum atomic E-state index is 0.658. The molecule has 0 fully saturated rings. The van der Waals surface area contributed by atoms with Crippen LogP contribution in [0.1, 0.15) is 22.6 Å². The smallest absolute Gasteiger partial charge is 0.127 e. The summed E-state index contributed by atoms with van der Waals surface area (Å²) in [7, 11) is 0. The summed E-state index contributed by atoms with van der Waals surface area (Å²) in [6, 6.07) is 8.26. The molecule has 21 heavy (non-hydrogen) atoms. The van der Waals surface area contributed by atoms with E-state index in [0.717, 1.165) is 34.0 Å². The molecule has 3 aromatic rings. The standard InChI is InChI=1S/C16H18N4O/c1-11-9-21-19-16(11)8-17-14-4-6-15(7-5-14)20-10-18-12(2)13(20)3/h4-7,9-10,17H,8H2,1-3H3. The minimum absolute atomic E-state index is 0.658. The van der Waals surface area contributed by atoms with Crippen molar-refractivity contribution in [3.8, 4) is 5.69 Å². The molecule has 5 nitrogen and oxygen atoms in total. The first kappa shape index (κ1) is 13.4. The number of hydrogen-bond acceptors (Lipinski definition) is 4. The highest BCUT2D eigenvalue weighted by molar-refractivity contribution is 5.49. The van der Waals surface area contributed by atoms with Crippen LogP contribution in [-0.4, -0.2) is 14.7 Å². The average Bonchev–Trinajstić information content (AvgIpc) is 3.05. The monoisotopic (exact) mass is 282 g/mol. The van der Waals surface area contributed by atoms with E-state index < -0.39 is 0 Å². The van der Waals surface area contributed by atoms with Gasteiger partial charge in [0.1, 0.15) is 12.0 Å². The van der Waals surface area contributed by atoms with Gasteiger partial charge in [-0.2, -0.15) is 0 Å². The molecule has 0 amide bonds. The lowest BCUT2D eigenvalue weighted by Crippen LogP contribution is -2.01. The van der Waals surface area contributed by atoms with Gasteiger partial charge in [-0.3, -0.25) is 0 Å². The maximum absolute atomic E-state index is 4.93. The van der Waals surface area contributed by atoms with Gasteiger partial charge in [-0.05, 0) is 45.0 Å². The molecule has 0 spiro atoms. The Kier molecular flexibility index (Phi) is 3.48. The van der Waals surface area contributed by atoms with Crippen LogP contribution in [0.3, 0.4) is 0 Å². The van der Waals surface area contributed by atoms with Crippen molar-refractivity contribution in [3.63, 3.8) is 0 Å². The second-order valence-corrected chi connectivity index (χ2v) is 5.13. The van der Waals surface area contributed by atoms with Crippen molar-refractivity contribution in [2.75, 3.05) is 5.32 Å². The van der Waals surface area contributed by atoms with Gasteiger partial charge >= 0.3 is 0 Å². The van der Waals surface area contributed by atoms with Crippen LogP contribution in [0.2, 0.25) is 0 Å². The van der Waals surface area contributed by atoms with E-state index >= 15 is 0 Å². The van der Waals surface area contributed by atoms with Crippen molar-refractivity contribution < 1.29 is 4.52 Å². The summed E-state index contributed by atoms with van der Waals surface area (Å²) < 4.78 is 7.01. The number of imidazole rings is 1. The Bertz CT molecular complexity index is 740. The van der Waals surface area contributed by atoms with Crippen LogP contribution in [0.5, 0.6) is 0 Å². The number of nitrogens with zero attached hydrogens (tertiary/aromatic N) is 3. The molecule has 0 aliphatic heterocycles. The molecule has 0 unspecified atom stereocenters. The summed E-state index contributed by atoms with van der Waals surface area (Å²) in [5, 5.41) is 7.30. The number of aromatic nitrogens is 3. The van der Waals surface area contributed by atoms with Crippen molar-refractivity contribution in [3.05, 3.63) is 59.5 Å². The Hall–Kier alpha value is -2.56. The van der Waals surface area contributed by atoms with E-state index in [9.17, 15) is 0 Å². The minimum Gasteiger partial charge on any atom is -0.379 e. The van der Waals surface area contributed by atoms with Crippen molar-refractivity contribution in [2.24, 2.45) is 0 Å². The van der Waals surface area contributed by atoms with Gasteiger partial charge in [0.15, 0.2) is 0 Å². The van der Waals surface area contributed by atoms with E-state index in [1.807, 2.05) is 20.2 Å². The Morgan fingerprint density at radius 1 is 1.14 bits per heavy atom. The van der Waals surface area contributed by atoms with Gasteiger partial charge in [-0.15, -0.1) is 0 Å². The number of benzene rings is 1. The summed E-state index contributed by atoms with van der Waals surface area (Å²) >= 11 is 0. The van der Waals surface area contributed by atoms with Crippen LogP contribution in [0, 0.1) is 20.8 Å². The predicted octanol–water partition coefficient (Wildman–Crippen LogP) is 3.40. The molecule has 0 saturated carbocycles. The summed E-state index contributed by atoms with van der Waals surface area (Å²) in [4.78, 5) is 4.32.